The summed E-state index contributed by atoms with van der Waals surface area (Å²) in [6.45, 7) is 21.3. The smallest absolute Gasteiger partial charge is 0.184 e. The summed E-state index contributed by atoms with van der Waals surface area (Å²) in [5.41, 5.74) is 2.72. The molecule has 0 aromatic heterocycles. The Balaban J connectivity index is 1.88. The number of ketones is 1. The molecular formula is C27H48O5Si2. The van der Waals surface area contributed by atoms with E-state index < -0.39 is 16.6 Å². The highest BCUT2D eigenvalue weighted by atomic mass is 28.4. The number of carbonyl (C=O) groups is 1. The van der Waals surface area contributed by atoms with Gasteiger partial charge in [-0.3, -0.25) is 4.79 Å². The highest BCUT2D eigenvalue weighted by Gasteiger charge is 2.65. The molecule has 0 saturated heterocycles. The van der Waals surface area contributed by atoms with E-state index in [2.05, 4.69) is 60.1 Å². The molecule has 7 atom stereocenters. The van der Waals surface area contributed by atoms with Crippen LogP contribution in [0, 0.1) is 28.6 Å². The number of methoxy groups -OCH3 is 1. The molecule has 2 saturated carbocycles. The zero-order chi connectivity index (χ0) is 25.3. The van der Waals surface area contributed by atoms with Crippen molar-refractivity contribution in [2.75, 3.05) is 13.9 Å². The molecule has 0 aromatic carbocycles. The molecule has 5 nitrogen and oxygen atoms in total. The summed E-state index contributed by atoms with van der Waals surface area (Å²) < 4.78 is 25.5. The van der Waals surface area contributed by atoms with E-state index in [0.29, 0.717) is 18.1 Å². The fourth-order valence-corrected chi connectivity index (χ4v) is 10.5. The lowest BCUT2D eigenvalue weighted by Crippen LogP contribution is -2.63. The molecule has 0 heterocycles. The molecule has 7 heteroatoms. The minimum atomic E-state index is -1.81. The van der Waals surface area contributed by atoms with Crippen molar-refractivity contribution in [3.05, 3.63) is 11.1 Å². The molecule has 0 spiro atoms. The average Bonchev–Trinajstić information content (AvgIpc) is 2.85. The Morgan fingerprint density at radius 3 is 2.18 bits per heavy atom. The molecule has 7 unspecified atom stereocenters. The molecule has 2 fully saturated rings. The first-order chi connectivity index (χ1) is 15.6. The van der Waals surface area contributed by atoms with Crippen LogP contribution in [0.5, 0.6) is 0 Å². The van der Waals surface area contributed by atoms with Gasteiger partial charge in [0.1, 0.15) is 12.6 Å². The normalized spacial score (nSPS) is 39.8. The van der Waals surface area contributed by atoms with Gasteiger partial charge in [0.2, 0.25) is 0 Å². The molecule has 2 bridgehead atoms. The Kier molecular flexibility index (Phi) is 7.01. The second-order valence-electron chi connectivity index (χ2n) is 14.1. The van der Waals surface area contributed by atoms with Gasteiger partial charge in [-0.1, -0.05) is 26.3 Å². The van der Waals surface area contributed by atoms with Gasteiger partial charge >= 0.3 is 0 Å². The lowest BCUT2D eigenvalue weighted by Gasteiger charge is -2.63. The van der Waals surface area contributed by atoms with Crippen LogP contribution in [-0.4, -0.2) is 54.6 Å². The van der Waals surface area contributed by atoms with E-state index in [1.165, 1.54) is 11.1 Å². The summed E-state index contributed by atoms with van der Waals surface area (Å²) in [7, 11) is -1.91. The average molecular weight is 509 g/mol. The summed E-state index contributed by atoms with van der Waals surface area (Å²) in [5, 5.41) is 0. The van der Waals surface area contributed by atoms with Crippen LogP contribution >= 0.6 is 0 Å². The van der Waals surface area contributed by atoms with Gasteiger partial charge in [0.25, 0.3) is 0 Å². The number of carbonyl (C=O) groups excluding carboxylic acids is 1. The molecule has 0 aliphatic heterocycles. The highest BCUT2D eigenvalue weighted by Crippen LogP contribution is 2.66. The molecule has 0 aromatic rings. The maximum absolute atomic E-state index is 13.6. The Bertz CT molecular complexity index is 839. The van der Waals surface area contributed by atoms with E-state index in [4.69, 9.17) is 18.3 Å². The predicted octanol–water partition coefficient (Wildman–Crippen LogP) is 6.17. The number of fused-ring (bicyclic) bond motifs is 5. The molecule has 0 N–H and O–H groups in total. The quantitative estimate of drug-likeness (QED) is 0.234. The predicted molar refractivity (Wildman–Crippen MR) is 141 cm³/mol. The molecule has 34 heavy (non-hydrogen) atoms. The first-order valence-electron chi connectivity index (χ1n) is 13.3. The summed E-state index contributed by atoms with van der Waals surface area (Å²) in [5.74, 6) is 0.766. The Morgan fingerprint density at radius 2 is 1.59 bits per heavy atom. The second kappa shape index (κ2) is 8.91. The number of Topliss-reactive ketones (excluding diaryl/α,β-unsaturated/α-hetero) is 1. The van der Waals surface area contributed by atoms with Crippen LogP contribution in [0.15, 0.2) is 11.1 Å². The van der Waals surface area contributed by atoms with Gasteiger partial charge in [-0.15, -0.1) is 0 Å². The first-order valence-corrected chi connectivity index (χ1v) is 20.1. The van der Waals surface area contributed by atoms with Gasteiger partial charge in [0.05, 0.1) is 24.2 Å². The van der Waals surface area contributed by atoms with E-state index in [0.717, 1.165) is 25.7 Å². The standard InChI is InChI=1S/C27H48O5Si2/c1-26(2)12-11-21(32-34(8,9)10)27(3)23-17(15-20(25(26)27)31-33(5,6)7)13-18-14-19(28)22(23)24(18)30-16-29-4/h18,20-22,24-25H,11-16H2,1-10H3. The van der Waals surface area contributed by atoms with Gasteiger partial charge in [0, 0.05) is 24.9 Å². The topological polar surface area (TPSA) is 54.0 Å². The fraction of sp³-hybridized carbons (Fsp3) is 0.889. The zero-order valence-corrected chi connectivity index (χ0v) is 25.2. The van der Waals surface area contributed by atoms with Crippen molar-refractivity contribution >= 4 is 22.4 Å². The molecule has 4 aliphatic carbocycles. The van der Waals surface area contributed by atoms with E-state index >= 15 is 0 Å². The summed E-state index contributed by atoms with van der Waals surface area (Å²) in [6, 6.07) is 0. The van der Waals surface area contributed by atoms with E-state index in [-0.39, 0.29) is 47.8 Å². The largest absolute Gasteiger partial charge is 0.414 e. The Morgan fingerprint density at radius 1 is 0.941 bits per heavy atom. The Labute approximate surface area is 209 Å². The third-order valence-corrected chi connectivity index (χ3v) is 10.8. The SMILES string of the molecule is COCOC1C2CC(=O)C1C1=C(C2)CC(O[Si](C)(C)C)C2C(C)(C)CCC(O[Si](C)(C)C)C12C. The van der Waals surface area contributed by atoms with Crippen LogP contribution in [0.1, 0.15) is 52.9 Å². The molecule has 0 amide bonds. The molecule has 4 aliphatic rings. The number of ether oxygens (including phenoxy) is 2. The number of rotatable bonds is 7. The van der Waals surface area contributed by atoms with Crippen LogP contribution in [0.4, 0.5) is 0 Å². The van der Waals surface area contributed by atoms with Gasteiger partial charge < -0.3 is 18.3 Å². The van der Waals surface area contributed by atoms with E-state index in [9.17, 15) is 4.79 Å². The molecule has 4 rings (SSSR count). The first kappa shape index (κ1) is 26.7. The van der Waals surface area contributed by atoms with Crippen molar-refractivity contribution in [2.24, 2.45) is 28.6 Å². The van der Waals surface area contributed by atoms with Crippen molar-refractivity contribution in [1.82, 2.24) is 0 Å². The molecular weight excluding hydrogens is 460 g/mol. The van der Waals surface area contributed by atoms with Crippen molar-refractivity contribution < 1.29 is 23.1 Å². The van der Waals surface area contributed by atoms with Gasteiger partial charge in [0.15, 0.2) is 16.6 Å². The number of hydrogen-bond acceptors (Lipinski definition) is 5. The minimum Gasteiger partial charge on any atom is -0.414 e. The lowest BCUT2D eigenvalue weighted by atomic mass is 9.46. The van der Waals surface area contributed by atoms with Crippen LogP contribution in [-0.2, 0) is 23.1 Å². The zero-order valence-electron chi connectivity index (χ0n) is 23.2. The summed E-state index contributed by atoms with van der Waals surface area (Å²) >= 11 is 0. The van der Waals surface area contributed by atoms with Gasteiger partial charge in [-0.05, 0) is 81.9 Å². The summed E-state index contributed by atoms with van der Waals surface area (Å²) in [4.78, 5) is 13.6. The fourth-order valence-electron chi connectivity index (χ4n) is 8.14. The maximum Gasteiger partial charge on any atom is 0.184 e. The van der Waals surface area contributed by atoms with Gasteiger partial charge in [-0.2, -0.15) is 0 Å². The van der Waals surface area contributed by atoms with Crippen LogP contribution in [0.25, 0.3) is 0 Å². The summed E-state index contributed by atoms with van der Waals surface area (Å²) in [6.07, 6.45) is 4.91. The third kappa shape index (κ3) is 4.70. The van der Waals surface area contributed by atoms with E-state index in [1.807, 2.05) is 0 Å². The molecule has 194 valence electrons. The van der Waals surface area contributed by atoms with Gasteiger partial charge in [-0.25, -0.2) is 0 Å². The maximum atomic E-state index is 13.6. The minimum absolute atomic E-state index is 0.0734. The van der Waals surface area contributed by atoms with Crippen LogP contribution in [0.3, 0.4) is 0 Å². The van der Waals surface area contributed by atoms with E-state index in [1.54, 1.807) is 7.11 Å². The van der Waals surface area contributed by atoms with Crippen LogP contribution in [0.2, 0.25) is 39.3 Å². The van der Waals surface area contributed by atoms with Crippen molar-refractivity contribution in [3.63, 3.8) is 0 Å². The Hall–Kier alpha value is -0.316. The highest BCUT2D eigenvalue weighted by molar-refractivity contribution is 6.70. The lowest BCUT2D eigenvalue weighted by molar-refractivity contribution is -0.146. The van der Waals surface area contributed by atoms with Crippen LogP contribution < -0.4 is 0 Å². The monoisotopic (exact) mass is 508 g/mol. The van der Waals surface area contributed by atoms with Crippen molar-refractivity contribution in [3.8, 4) is 0 Å². The molecule has 0 radical (unpaired) electrons. The third-order valence-electron chi connectivity index (χ3n) is 8.79. The van der Waals surface area contributed by atoms with Crippen molar-refractivity contribution in [1.29, 1.82) is 0 Å². The van der Waals surface area contributed by atoms with Crippen molar-refractivity contribution in [2.45, 2.75) is 110 Å². The number of hydrogen-bond donors (Lipinski definition) is 0. The second-order valence-corrected chi connectivity index (χ2v) is 23.1.